The lowest BCUT2D eigenvalue weighted by Crippen LogP contribution is -1.98. The summed E-state index contributed by atoms with van der Waals surface area (Å²) in [5, 5.41) is 29.8. The highest BCUT2D eigenvalue weighted by Crippen LogP contribution is 2.39. The molecule has 3 N–H and O–H groups in total. The highest BCUT2D eigenvalue weighted by molar-refractivity contribution is 7.86. The van der Waals surface area contributed by atoms with E-state index in [0.29, 0.717) is 27.2 Å². The number of carboxylic acid groups (broad SMARTS) is 1. The van der Waals surface area contributed by atoms with Crippen LogP contribution in [0.25, 0.3) is 21.5 Å². The number of hydrogen-bond acceptors (Lipinski definition) is 6. The Kier molecular flexibility index (Phi) is 4.69. The van der Waals surface area contributed by atoms with Crippen LogP contribution in [0.2, 0.25) is 0 Å². The molecule has 150 valence electrons. The Bertz CT molecular complexity index is 1460. The molecule has 0 aliphatic carbocycles. The smallest absolute Gasteiger partial charge is 0.339 e. The van der Waals surface area contributed by atoms with Gasteiger partial charge in [0.1, 0.15) is 16.1 Å². The molecule has 4 aromatic carbocycles. The number of benzene rings is 4. The van der Waals surface area contributed by atoms with Crippen molar-refractivity contribution >= 4 is 49.0 Å². The molecule has 30 heavy (non-hydrogen) atoms. The van der Waals surface area contributed by atoms with Crippen LogP contribution in [0.4, 0.5) is 11.4 Å². The third-order valence-electron chi connectivity index (χ3n) is 4.59. The van der Waals surface area contributed by atoms with Crippen molar-refractivity contribution in [2.24, 2.45) is 10.2 Å². The molecular weight excluding hydrogens is 408 g/mol. The second-order valence-corrected chi connectivity index (χ2v) is 7.87. The van der Waals surface area contributed by atoms with Crippen LogP contribution in [0.1, 0.15) is 10.4 Å². The fourth-order valence-electron chi connectivity index (χ4n) is 3.22. The first kappa shape index (κ1) is 19.5. The van der Waals surface area contributed by atoms with Crippen molar-refractivity contribution in [3.63, 3.8) is 0 Å². The Morgan fingerprint density at radius 2 is 1.53 bits per heavy atom. The van der Waals surface area contributed by atoms with E-state index < -0.39 is 21.8 Å². The third-order valence-corrected chi connectivity index (χ3v) is 5.50. The number of hydrogen-bond donors (Lipinski definition) is 3. The minimum Gasteiger partial charge on any atom is -0.505 e. The van der Waals surface area contributed by atoms with Gasteiger partial charge in [-0.2, -0.15) is 13.5 Å². The van der Waals surface area contributed by atoms with Crippen molar-refractivity contribution in [3.8, 4) is 5.75 Å². The normalized spacial score (nSPS) is 12.0. The maximum Gasteiger partial charge on any atom is 0.339 e. The van der Waals surface area contributed by atoms with E-state index in [4.69, 9.17) is 0 Å². The number of rotatable bonds is 4. The quantitative estimate of drug-likeness (QED) is 0.311. The Morgan fingerprint density at radius 3 is 2.27 bits per heavy atom. The standard InChI is InChI=1S/C21H14N2O6S/c24-20-17(21(25)26)11-13-4-1-2-6-16(13)19(20)23-22-14-8-9-15-12(10-14)5-3-7-18(15)30(27,28)29/h1-11,24H,(H,25,26)(H,27,28,29). The molecule has 8 nitrogen and oxygen atoms in total. The number of nitrogens with zero attached hydrogens (tertiary/aromatic N) is 2. The number of aromatic hydroxyl groups is 1. The van der Waals surface area contributed by atoms with Crippen LogP contribution in [0.15, 0.2) is 81.9 Å². The SMILES string of the molecule is O=C(O)c1cc2ccccc2c(N=Nc2ccc3c(S(=O)(=O)O)cccc3c2)c1O. The van der Waals surface area contributed by atoms with Crippen molar-refractivity contribution in [2.45, 2.75) is 4.90 Å². The van der Waals surface area contributed by atoms with E-state index in [1.807, 2.05) is 0 Å². The Balaban J connectivity index is 1.85. The molecule has 0 atom stereocenters. The first-order valence-electron chi connectivity index (χ1n) is 8.66. The summed E-state index contributed by atoms with van der Waals surface area (Å²) in [6.07, 6.45) is 0. The first-order chi connectivity index (χ1) is 14.3. The summed E-state index contributed by atoms with van der Waals surface area (Å²) in [5.74, 6) is -1.79. The lowest BCUT2D eigenvalue weighted by Gasteiger charge is -2.08. The Labute approximate surface area is 170 Å². The maximum absolute atomic E-state index is 11.5. The van der Waals surface area contributed by atoms with Gasteiger partial charge in [-0.3, -0.25) is 4.55 Å². The summed E-state index contributed by atoms with van der Waals surface area (Å²) in [7, 11) is -4.38. The van der Waals surface area contributed by atoms with Crippen LogP contribution in [0.3, 0.4) is 0 Å². The van der Waals surface area contributed by atoms with Gasteiger partial charge in [0.25, 0.3) is 10.1 Å². The van der Waals surface area contributed by atoms with E-state index in [0.717, 1.165) is 0 Å². The predicted molar refractivity (Wildman–Crippen MR) is 111 cm³/mol. The van der Waals surface area contributed by atoms with Crippen molar-refractivity contribution in [3.05, 3.63) is 72.3 Å². The van der Waals surface area contributed by atoms with Crippen LogP contribution in [0, 0.1) is 0 Å². The molecule has 0 aliphatic rings. The summed E-state index contributed by atoms with van der Waals surface area (Å²) in [4.78, 5) is 11.2. The number of carbonyl (C=O) groups is 1. The number of carboxylic acids is 1. The van der Waals surface area contributed by atoms with Crippen molar-refractivity contribution in [1.29, 1.82) is 0 Å². The van der Waals surface area contributed by atoms with Gasteiger partial charge in [-0.15, -0.1) is 5.11 Å². The van der Waals surface area contributed by atoms with Gasteiger partial charge >= 0.3 is 5.97 Å². The molecular formula is C21H14N2O6S. The van der Waals surface area contributed by atoms with E-state index in [1.54, 1.807) is 36.4 Å². The minimum absolute atomic E-state index is 0.0114. The van der Waals surface area contributed by atoms with Crippen molar-refractivity contribution in [1.82, 2.24) is 0 Å². The summed E-state index contributed by atoms with van der Waals surface area (Å²) >= 11 is 0. The molecule has 4 rings (SSSR count). The van der Waals surface area contributed by atoms with E-state index in [1.165, 1.54) is 30.3 Å². The molecule has 0 spiro atoms. The largest absolute Gasteiger partial charge is 0.505 e. The Hall–Kier alpha value is -3.82. The average molecular weight is 422 g/mol. The summed E-state index contributed by atoms with van der Waals surface area (Å²) < 4.78 is 32.4. The van der Waals surface area contributed by atoms with Gasteiger partial charge in [0.15, 0.2) is 5.75 Å². The van der Waals surface area contributed by atoms with E-state index in [2.05, 4.69) is 10.2 Å². The maximum atomic E-state index is 11.5. The molecule has 0 radical (unpaired) electrons. The van der Waals surface area contributed by atoms with Crippen molar-refractivity contribution in [2.75, 3.05) is 0 Å². The molecule has 0 fully saturated rings. The van der Waals surface area contributed by atoms with Crippen LogP contribution in [0.5, 0.6) is 5.75 Å². The van der Waals surface area contributed by atoms with Crippen LogP contribution >= 0.6 is 0 Å². The lowest BCUT2D eigenvalue weighted by atomic mass is 10.0. The van der Waals surface area contributed by atoms with E-state index in [-0.39, 0.29) is 16.1 Å². The van der Waals surface area contributed by atoms with Gasteiger partial charge < -0.3 is 10.2 Å². The first-order valence-corrected chi connectivity index (χ1v) is 10.1. The zero-order chi connectivity index (χ0) is 21.5. The van der Waals surface area contributed by atoms with Crippen LogP contribution in [-0.4, -0.2) is 29.2 Å². The van der Waals surface area contributed by atoms with Gasteiger partial charge in [-0.05, 0) is 35.0 Å². The molecule has 0 amide bonds. The van der Waals surface area contributed by atoms with Crippen LogP contribution < -0.4 is 0 Å². The third kappa shape index (κ3) is 3.47. The molecule has 0 saturated heterocycles. The highest BCUT2D eigenvalue weighted by Gasteiger charge is 2.17. The molecule has 0 bridgehead atoms. The zero-order valence-corrected chi connectivity index (χ0v) is 16.0. The number of azo groups is 1. The molecule has 9 heteroatoms. The summed E-state index contributed by atoms with van der Waals surface area (Å²) in [5.41, 5.74) is 0.0652. The lowest BCUT2D eigenvalue weighted by molar-refractivity contribution is 0.0694. The molecule has 4 aromatic rings. The summed E-state index contributed by atoms with van der Waals surface area (Å²) in [6.45, 7) is 0. The second-order valence-electron chi connectivity index (χ2n) is 6.48. The van der Waals surface area contributed by atoms with E-state index >= 15 is 0 Å². The van der Waals surface area contributed by atoms with E-state index in [9.17, 15) is 28.0 Å². The van der Waals surface area contributed by atoms with Gasteiger partial charge in [0.2, 0.25) is 0 Å². The summed E-state index contributed by atoms with van der Waals surface area (Å²) in [6, 6.07) is 17.2. The molecule has 0 unspecified atom stereocenters. The van der Waals surface area contributed by atoms with Gasteiger partial charge in [0, 0.05) is 10.8 Å². The average Bonchev–Trinajstić information content (AvgIpc) is 2.71. The van der Waals surface area contributed by atoms with Crippen LogP contribution in [-0.2, 0) is 10.1 Å². The minimum atomic E-state index is -4.38. The predicted octanol–water partition coefficient (Wildman–Crippen LogP) is 5.06. The van der Waals surface area contributed by atoms with Gasteiger partial charge in [-0.25, -0.2) is 4.79 Å². The van der Waals surface area contributed by atoms with Gasteiger partial charge in [0.05, 0.1) is 5.69 Å². The second kappa shape index (κ2) is 7.21. The van der Waals surface area contributed by atoms with Crippen molar-refractivity contribution < 1.29 is 28.0 Å². The molecule has 0 aromatic heterocycles. The number of phenols is 1. The highest BCUT2D eigenvalue weighted by atomic mass is 32.2. The number of fused-ring (bicyclic) bond motifs is 2. The molecule has 0 heterocycles. The zero-order valence-electron chi connectivity index (χ0n) is 15.2. The fraction of sp³-hybridized carbons (Fsp3) is 0. The topological polar surface area (TPSA) is 137 Å². The monoisotopic (exact) mass is 422 g/mol. The molecule has 0 aliphatic heterocycles. The van der Waals surface area contributed by atoms with Gasteiger partial charge in [-0.1, -0.05) is 42.5 Å². The molecule has 0 saturated carbocycles. The number of aromatic carboxylic acids is 1. The fourth-order valence-corrected chi connectivity index (χ4v) is 3.93. The Morgan fingerprint density at radius 1 is 0.833 bits per heavy atom.